The third-order valence-electron chi connectivity index (χ3n) is 2.65. The molecule has 0 N–H and O–H groups in total. The van der Waals surface area contributed by atoms with E-state index >= 15 is 0 Å². The molecule has 0 saturated carbocycles. The van der Waals surface area contributed by atoms with Gasteiger partial charge < -0.3 is 0 Å². The molecule has 0 heterocycles. The van der Waals surface area contributed by atoms with Crippen molar-refractivity contribution >= 4 is 5.78 Å². The minimum Gasteiger partial charge on any atom is -0.295 e. The van der Waals surface area contributed by atoms with E-state index in [1.54, 1.807) is 6.08 Å². The predicted molar refractivity (Wildman–Crippen MR) is 55.5 cm³/mol. The zero-order valence-corrected chi connectivity index (χ0v) is 8.49. The van der Waals surface area contributed by atoms with Crippen LogP contribution in [0, 0.1) is 11.8 Å². The van der Waals surface area contributed by atoms with Gasteiger partial charge in [-0.1, -0.05) is 32.1 Å². The smallest absolute Gasteiger partial charge is 0.159 e. The van der Waals surface area contributed by atoms with Gasteiger partial charge in [-0.2, -0.15) is 0 Å². The highest BCUT2D eigenvalue weighted by Gasteiger charge is 2.27. The average Bonchev–Trinajstić information content (AvgIpc) is 2.48. The van der Waals surface area contributed by atoms with Crippen LogP contribution < -0.4 is 0 Å². The summed E-state index contributed by atoms with van der Waals surface area (Å²) in [5.74, 6) is 1.02. The van der Waals surface area contributed by atoms with E-state index in [9.17, 15) is 4.79 Å². The normalized spacial score (nSPS) is 27.7. The van der Waals surface area contributed by atoms with Gasteiger partial charge in [0.25, 0.3) is 0 Å². The summed E-state index contributed by atoms with van der Waals surface area (Å²) >= 11 is 0. The van der Waals surface area contributed by atoms with Crippen molar-refractivity contribution in [2.45, 2.75) is 33.1 Å². The second kappa shape index (κ2) is 5.00. The average molecular weight is 178 g/mol. The quantitative estimate of drug-likeness (QED) is 0.604. The maximum atomic E-state index is 11.4. The van der Waals surface area contributed by atoms with Crippen LogP contribution in [0.5, 0.6) is 0 Å². The van der Waals surface area contributed by atoms with Crippen molar-refractivity contribution in [1.82, 2.24) is 0 Å². The van der Waals surface area contributed by atoms with Crippen LogP contribution in [0.25, 0.3) is 0 Å². The maximum absolute atomic E-state index is 11.4. The van der Waals surface area contributed by atoms with E-state index in [-0.39, 0.29) is 5.92 Å². The summed E-state index contributed by atoms with van der Waals surface area (Å²) < 4.78 is 0. The molecule has 0 amide bonds. The Kier molecular flexibility index (Phi) is 3.94. The van der Waals surface area contributed by atoms with Crippen molar-refractivity contribution < 1.29 is 4.79 Å². The van der Waals surface area contributed by atoms with Crippen LogP contribution in [0.3, 0.4) is 0 Å². The minimum atomic E-state index is 0.229. The maximum Gasteiger partial charge on any atom is 0.159 e. The number of carbonyl (C=O) groups excluding carboxylic acids is 1. The van der Waals surface area contributed by atoms with Crippen LogP contribution in [0.15, 0.2) is 24.3 Å². The fourth-order valence-corrected chi connectivity index (χ4v) is 1.81. The summed E-state index contributed by atoms with van der Waals surface area (Å²) in [7, 11) is 0. The first kappa shape index (κ1) is 10.2. The minimum absolute atomic E-state index is 0.229. The molecule has 0 unspecified atom stereocenters. The number of hydrogen-bond donors (Lipinski definition) is 0. The van der Waals surface area contributed by atoms with Crippen LogP contribution >= 0.6 is 0 Å². The zero-order valence-electron chi connectivity index (χ0n) is 8.49. The first-order valence-corrected chi connectivity index (χ1v) is 5.16. The fourth-order valence-electron chi connectivity index (χ4n) is 1.81. The van der Waals surface area contributed by atoms with Crippen molar-refractivity contribution in [2.75, 3.05) is 0 Å². The Morgan fingerprint density at radius 3 is 2.77 bits per heavy atom. The largest absolute Gasteiger partial charge is 0.295 e. The SMILES string of the molecule is CC/C=C\C[C@@H]1C(=O)C=C[C@H]1CC. The van der Waals surface area contributed by atoms with Crippen LogP contribution in [0.1, 0.15) is 33.1 Å². The third-order valence-corrected chi connectivity index (χ3v) is 2.65. The molecule has 13 heavy (non-hydrogen) atoms. The third kappa shape index (κ3) is 2.55. The summed E-state index contributed by atoms with van der Waals surface area (Å²) in [5.41, 5.74) is 0. The lowest BCUT2D eigenvalue weighted by atomic mass is 9.89. The lowest BCUT2D eigenvalue weighted by molar-refractivity contribution is -0.118. The predicted octanol–water partition coefficient (Wildman–Crippen LogP) is 3.12. The first-order chi connectivity index (χ1) is 6.29. The summed E-state index contributed by atoms with van der Waals surface area (Å²) in [6, 6.07) is 0. The van der Waals surface area contributed by atoms with Gasteiger partial charge in [0, 0.05) is 5.92 Å². The lowest BCUT2D eigenvalue weighted by Gasteiger charge is -2.13. The molecule has 1 aliphatic rings. The second-order valence-corrected chi connectivity index (χ2v) is 3.56. The number of allylic oxidation sites excluding steroid dienone is 4. The first-order valence-electron chi connectivity index (χ1n) is 5.16. The monoisotopic (exact) mass is 178 g/mol. The van der Waals surface area contributed by atoms with Crippen molar-refractivity contribution in [3.8, 4) is 0 Å². The van der Waals surface area contributed by atoms with Crippen molar-refractivity contribution in [3.05, 3.63) is 24.3 Å². The molecule has 0 saturated heterocycles. The van der Waals surface area contributed by atoms with Crippen LogP contribution in [-0.4, -0.2) is 5.78 Å². The molecular weight excluding hydrogens is 160 g/mol. The Labute approximate surface area is 80.5 Å². The van der Waals surface area contributed by atoms with Gasteiger partial charge in [-0.3, -0.25) is 4.79 Å². The van der Waals surface area contributed by atoms with Gasteiger partial charge in [-0.05, 0) is 31.3 Å². The van der Waals surface area contributed by atoms with E-state index in [2.05, 4.69) is 32.1 Å². The highest BCUT2D eigenvalue weighted by atomic mass is 16.1. The Hall–Kier alpha value is -0.850. The molecule has 0 aromatic carbocycles. The molecule has 1 aliphatic carbocycles. The zero-order chi connectivity index (χ0) is 9.68. The van der Waals surface area contributed by atoms with Gasteiger partial charge in [0.15, 0.2) is 5.78 Å². The van der Waals surface area contributed by atoms with E-state index in [4.69, 9.17) is 0 Å². The van der Waals surface area contributed by atoms with Gasteiger partial charge >= 0.3 is 0 Å². The Morgan fingerprint density at radius 1 is 1.38 bits per heavy atom. The standard InChI is InChI=1S/C12H18O/c1-3-5-6-7-11-10(4-2)8-9-12(11)13/h5-6,8-11H,3-4,7H2,1-2H3/b6-5-/t10-,11+/m1/s1. The highest BCUT2D eigenvalue weighted by Crippen LogP contribution is 2.28. The molecule has 0 aromatic rings. The molecule has 0 radical (unpaired) electrons. The lowest BCUT2D eigenvalue weighted by Crippen LogP contribution is -2.14. The summed E-state index contributed by atoms with van der Waals surface area (Å²) in [4.78, 5) is 11.4. The summed E-state index contributed by atoms with van der Waals surface area (Å²) in [6.07, 6.45) is 11.1. The fraction of sp³-hybridized carbons (Fsp3) is 0.583. The van der Waals surface area contributed by atoms with Crippen molar-refractivity contribution in [1.29, 1.82) is 0 Å². The van der Waals surface area contributed by atoms with Crippen molar-refractivity contribution in [2.24, 2.45) is 11.8 Å². The van der Waals surface area contributed by atoms with E-state index in [0.717, 1.165) is 19.3 Å². The molecule has 72 valence electrons. The molecule has 0 aromatic heterocycles. The Bertz CT molecular complexity index is 225. The highest BCUT2D eigenvalue weighted by molar-refractivity contribution is 5.94. The molecular formula is C12H18O. The van der Waals surface area contributed by atoms with Crippen LogP contribution in [-0.2, 0) is 4.79 Å². The van der Waals surface area contributed by atoms with E-state index in [0.29, 0.717) is 11.7 Å². The van der Waals surface area contributed by atoms with Gasteiger partial charge in [0.2, 0.25) is 0 Å². The molecule has 0 fully saturated rings. The summed E-state index contributed by atoms with van der Waals surface area (Å²) in [6.45, 7) is 4.26. The topological polar surface area (TPSA) is 17.1 Å². The van der Waals surface area contributed by atoms with E-state index in [1.807, 2.05) is 0 Å². The Morgan fingerprint density at radius 2 is 2.15 bits per heavy atom. The van der Waals surface area contributed by atoms with Gasteiger partial charge in [-0.25, -0.2) is 0 Å². The molecule has 1 nitrogen and oxygen atoms in total. The van der Waals surface area contributed by atoms with Gasteiger partial charge in [0.05, 0.1) is 0 Å². The van der Waals surface area contributed by atoms with Gasteiger partial charge in [0.1, 0.15) is 0 Å². The molecule has 1 rings (SSSR count). The molecule has 2 atom stereocenters. The molecule has 1 heteroatoms. The molecule has 0 aliphatic heterocycles. The molecule has 0 spiro atoms. The number of rotatable bonds is 4. The number of hydrogen-bond acceptors (Lipinski definition) is 1. The molecule has 0 bridgehead atoms. The van der Waals surface area contributed by atoms with Crippen LogP contribution in [0.2, 0.25) is 0 Å². The Balaban J connectivity index is 2.48. The number of carbonyl (C=O) groups is 1. The summed E-state index contributed by atoms with van der Waals surface area (Å²) in [5, 5.41) is 0. The van der Waals surface area contributed by atoms with E-state index in [1.165, 1.54) is 0 Å². The van der Waals surface area contributed by atoms with Gasteiger partial charge in [-0.15, -0.1) is 0 Å². The second-order valence-electron chi connectivity index (χ2n) is 3.56. The number of ketones is 1. The van der Waals surface area contributed by atoms with Crippen molar-refractivity contribution in [3.63, 3.8) is 0 Å². The van der Waals surface area contributed by atoms with E-state index < -0.39 is 0 Å². The van der Waals surface area contributed by atoms with Crippen LogP contribution in [0.4, 0.5) is 0 Å².